The van der Waals surface area contributed by atoms with E-state index in [0.29, 0.717) is 19.5 Å². The second kappa shape index (κ2) is 4.80. The molecule has 0 radical (unpaired) electrons. The Kier molecular flexibility index (Phi) is 4.14. The summed E-state index contributed by atoms with van der Waals surface area (Å²) in [5.41, 5.74) is 5.36. The first-order valence-corrected chi connectivity index (χ1v) is 7.28. The SMILES string of the molecule is CCCS(=O)(=O)N1CCCCC1(C)CN. The molecule has 1 saturated heterocycles. The van der Waals surface area contributed by atoms with Crippen LogP contribution in [-0.2, 0) is 10.0 Å². The topological polar surface area (TPSA) is 63.4 Å². The molecule has 0 amide bonds. The summed E-state index contributed by atoms with van der Waals surface area (Å²) in [4.78, 5) is 0. The smallest absolute Gasteiger partial charge is 0.214 e. The summed E-state index contributed by atoms with van der Waals surface area (Å²) >= 11 is 0. The summed E-state index contributed by atoms with van der Waals surface area (Å²) in [6, 6.07) is 0. The Morgan fingerprint density at radius 3 is 2.60 bits per heavy atom. The van der Waals surface area contributed by atoms with Gasteiger partial charge in [0.15, 0.2) is 0 Å². The van der Waals surface area contributed by atoms with E-state index < -0.39 is 10.0 Å². The molecule has 0 saturated carbocycles. The highest BCUT2D eigenvalue weighted by Crippen LogP contribution is 2.29. The lowest BCUT2D eigenvalue weighted by molar-refractivity contribution is 0.158. The number of nitrogens with two attached hydrogens (primary N) is 1. The molecule has 1 rings (SSSR count). The van der Waals surface area contributed by atoms with Crippen molar-refractivity contribution in [2.45, 2.75) is 45.1 Å². The van der Waals surface area contributed by atoms with Crippen LogP contribution in [0.2, 0.25) is 0 Å². The summed E-state index contributed by atoms with van der Waals surface area (Å²) < 4.78 is 25.7. The molecule has 0 spiro atoms. The maximum atomic E-state index is 12.0. The van der Waals surface area contributed by atoms with Crippen molar-refractivity contribution in [3.05, 3.63) is 0 Å². The van der Waals surface area contributed by atoms with E-state index in [-0.39, 0.29) is 11.3 Å². The van der Waals surface area contributed by atoms with Gasteiger partial charge in [-0.1, -0.05) is 13.3 Å². The van der Waals surface area contributed by atoms with Gasteiger partial charge >= 0.3 is 0 Å². The van der Waals surface area contributed by atoms with Gasteiger partial charge in [0.1, 0.15) is 0 Å². The van der Waals surface area contributed by atoms with Crippen LogP contribution in [0.1, 0.15) is 39.5 Å². The maximum Gasteiger partial charge on any atom is 0.214 e. The average Bonchev–Trinajstić information content (AvgIpc) is 2.18. The molecule has 5 heteroatoms. The monoisotopic (exact) mass is 234 g/mol. The molecule has 1 unspecified atom stereocenters. The van der Waals surface area contributed by atoms with Gasteiger partial charge in [0.2, 0.25) is 10.0 Å². The van der Waals surface area contributed by atoms with Crippen molar-refractivity contribution in [2.75, 3.05) is 18.8 Å². The minimum Gasteiger partial charge on any atom is -0.329 e. The van der Waals surface area contributed by atoms with E-state index in [0.717, 1.165) is 19.3 Å². The summed E-state index contributed by atoms with van der Waals surface area (Å²) in [6.45, 7) is 4.90. The fourth-order valence-corrected chi connectivity index (χ4v) is 4.18. The van der Waals surface area contributed by atoms with E-state index in [1.165, 1.54) is 0 Å². The van der Waals surface area contributed by atoms with E-state index in [2.05, 4.69) is 0 Å². The molecule has 0 aromatic carbocycles. The molecular weight excluding hydrogens is 212 g/mol. The van der Waals surface area contributed by atoms with E-state index in [1.54, 1.807) is 4.31 Å². The first-order valence-electron chi connectivity index (χ1n) is 5.67. The van der Waals surface area contributed by atoms with Crippen molar-refractivity contribution in [3.63, 3.8) is 0 Å². The van der Waals surface area contributed by atoms with Gasteiger partial charge in [0.05, 0.1) is 5.75 Å². The molecule has 0 aromatic rings. The van der Waals surface area contributed by atoms with Crippen LogP contribution in [-0.4, -0.2) is 37.1 Å². The van der Waals surface area contributed by atoms with Crippen molar-refractivity contribution in [1.82, 2.24) is 4.31 Å². The molecule has 0 bridgehead atoms. The van der Waals surface area contributed by atoms with Crippen LogP contribution >= 0.6 is 0 Å². The summed E-state index contributed by atoms with van der Waals surface area (Å²) in [7, 11) is -3.10. The largest absolute Gasteiger partial charge is 0.329 e. The highest BCUT2D eigenvalue weighted by molar-refractivity contribution is 7.89. The van der Waals surface area contributed by atoms with E-state index in [9.17, 15) is 8.42 Å². The number of hydrogen-bond acceptors (Lipinski definition) is 3. The fraction of sp³-hybridized carbons (Fsp3) is 1.00. The van der Waals surface area contributed by atoms with Crippen molar-refractivity contribution in [1.29, 1.82) is 0 Å². The highest BCUT2D eigenvalue weighted by atomic mass is 32.2. The van der Waals surface area contributed by atoms with Gasteiger partial charge < -0.3 is 5.73 Å². The van der Waals surface area contributed by atoms with Gasteiger partial charge in [0.25, 0.3) is 0 Å². The zero-order valence-corrected chi connectivity index (χ0v) is 10.5. The third-order valence-electron chi connectivity index (χ3n) is 3.17. The normalized spacial score (nSPS) is 29.3. The predicted molar refractivity (Wildman–Crippen MR) is 62.1 cm³/mol. The molecule has 2 N–H and O–H groups in total. The zero-order valence-electron chi connectivity index (χ0n) is 9.70. The number of rotatable bonds is 4. The van der Waals surface area contributed by atoms with Gasteiger partial charge in [-0.05, 0) is 26.2 Å². The van der Waals surface area contributed by atoms with Crippen LogP contribution in [0.25, 0.3) is 0 Å². The predicted octanol–water partition coefficient (Wildman–Crippen LogP) is 0.929. The van der Waals surface area contributed by atoms with Crippen LogP contribution in [0.3, 0.4) is 0 Å². The molecule has 90 valence electrons. The second-order valence-electron chi connectivity index (χ2n) is 4.55. The first-order chi connectivity index (χ1) is 6.96. The van der Waals surface area contributed by atoms with Crippen molar-refractivity contribution >= 4 is 10.0 Å². The van der Waals surface area contributed by atoms with E-state index in [1.807, 2.05) is 13.8 Å². The number of piperidine rings is 1. The molecule has 0 aromatic heterocycles. The van der Waals surface area contributed by atoms with Crippen molar-refractivity contribution in [3.8, 4) is 0 Å². The van der Waals surface area contributed by atoms with Gasteiger partial charge in [-0.25, -0.2) is 8.42 Å². The number of sulfonamides is 1. The summed E-state index contributed by atoms with van der Waals surface area (Å²) in [6.07, 6.45) is 3.58. The van der Waals surface area contributed by atoms with Gasteiger partial charge in [0, 0.05) is 18.6 Å². The minimum absolute atomic E-state index is 0.239. The van der Waals surface area contributed by atoms with Gasteiger partial charge in [-0.2, -0.15) is 4.31 Å². The van der Waals surface area contributed by atoms with Crippen molar-refractivity contribution < 1.29 is 8.42 Å². The third-order valence-corrected chi connectivity index (χ3v) is 5.39. The number of nitrogens with zero attached hydrogens (tertiary/aromatic N) is 1. The maximum absolute atomic E-state index is 12.0. The third kappa shape index (κ3) is 2.71. The first kappa shape index (κ1) is 12.9. The quantitative estimate of drug-likeness (QED) is 0.787. The standard InChI is InChI=1S/C10H22N2O2S/c1-3-8-15(13,14)12-7-5-4-6-10(12,2)9-11/h3-9,11H2,1-2H3. The zero-order chi connectivity index (χ0) is 11.5. The van der Waals surface area contributed by atoms with Gasteiger partial charge in [-0.3, -0.25) is 0 Å². The fourth-order valence-electron chi connectivity index (χ4n) is 2.20. The average molecular weight is 234 g/mol. The van der Waals surface area contributed by atoms with Crippen LogP contribution in [0.5, 0.6) is 0 Å². The van der Waals surface area contributed by atoms with Crippen LogP contribution in [0, 0.1) is 0 Å². The van der Waals surface area contributed by atoms with E-state index in [4.69, 9.17) is 5.73 Å². The highest BCUT2D eigenvalue weighted by Gasteiger charge is 2.39. The van der Waals surface area contributed by atoms with Crippen molar-refractivity contribution in [2.24, 2.45) is 5.73 Å². The molecule has 1 aliphatic heterocycles. The lowest BCUT2D eigenvalue weighted by Crippen LogP contribution is -2.57. The second-order valence-corrected chi connectivity index (χ2v) is 6.56. The Labute approximate surface area is 92.9 Å². The molecule has 0 aliphatic carbocycles. The van der Waals surface area contributed by atoms with Crippen LogP contribution in [0.4, 0.5) is 0 Å². The lowest BCUT2D eigenvalue weighted by atomic mass is 9.91. The minimum atomic E-state index is -3.10. The van der Waals surface area contributed by atoms with Crippen LogP contribution in [0.15, 0.2) is 0 Å². The molecule has 1 aliphatic rings. The van der Waals surface area contributed by atoms with Crippen LogP contribution < -0.4 is 5.73 Å². The molecular formula is C10H22N2O2S. The Hall–Kier alpha value is -0.130. The Morgan fingerprint density at radius 1 is 1.40 bits per heavy atom. The Morgan fingerprint density at radius 2 is 2.07 bits per heavy atom. The summed E-state index contributed by atoms with van der Waals surface area (Å²) in [5.74, 6) is 0.239. The molecule has 4 nitrogen and oxygen atoms in total. The lowest BCUT2D eigenvalue weighted by Gasteiger charge is -2.43. The number of hydrogen-bond donors (Lipinski definition) is 1. The molecule has 1 heterocycles. The Balaban J connectivity index is 2.90. The molecule has 1 fully saturated rings. The van der Waals surface area contributed by atoms with Gasteiger partial charge in [-0.15, -0.1) is 0 Å². The van der Waals surface area contributed by atoms with E-state index >= 15 is 0 Å². The Bertz CT molecular complexity index is 303. The molecule has 15 heavy (non-hydrogen) atoms. The molecule has 1 atom stereocenters. The summed E-state index contributed by atoms with van der Waals surface area (Å²) in [5, 5.41) is 0.